The molecule has 0 nitrogen and oxygen atoms in total. The van der Waals surface area contributed by atoms with E-state index in [4.69, 9.17) is 0 Å². The van der Waals surface area contributed by atoms with Gasteiger partial charge in [-0.3, -0.25) is 0 Å². The molecule has 0 saturated carbocycles. The lowest BCUT2D eigenvalue weighted by atomic mass is 9.83. The summed E-state index contributed by atoms with van der Waals surface area (Å²) in [7, 11) is 0. The maximum absolute atomic E-state index is 2.40. The minimum absolute atomic E-state index is 0.735. The van der Waals surface area contributed by atoms with Crippen molar-refractivity contribution in [1.82, 2.24) is 0 Å². The molecule has 1 aromatic rings. The van der Waals surface area contributed by atoms with Crippen molar-refractivity contribution >= 4 is 0 Å². The summed E-state index contributed by atoms with van der Waals surface area (Å²) in [4.78, 5) is 0. The van der Waals surface area contributed by atoms with E-state index >= 15 is 0 Å². The van der Waals surface area contributed by atoms with Gasteiger partial charge in [0.15, 0.2) is 0 Å². The van der Waals surface area contributed by atoms with Gasteiger partial charge in [0.2, 0.25) is 0 Å². The summed E-state index contributed by atoms with van der Waals surface area (Å²) < 4.78 is 0. The van der Waals surface area contributed by atoms with Crippen molar-refractivity contribution < 1.29 is 0 Å². The second-order valence-corrected chi connectivity index (χ2v) is 5.71. The van der Waals surface area contributed by atoms with Crippen LogP contribution in [0.2, 0.25) is 0 Å². The molecule has 0 amide bonds. The molecule has 0 radical (unpaired) electrons. The van der Waals surface area contributed by atoms with Crippen LogP contribution in [0.1, 0.15) is 37.8 Å². The Hall–Kier alpha value is -1.30. The molecule has 0 heteroatoms. The molecule has 2 rings (SSSR count). The molecule has 0 heterocycles. The average Bonchev–Trinajstić information content (AvgIpc) is 2.38. The minimum Gasteiger partial charge on any atom is -0.0810 e. The number of allylic oxidation sites excluding steroid dienone is 4. The predicted octanol–water partition coefficient (Wildman–Crippen LogP) is 5.09. The highest BCUT2D eigenvalue weighted by Gasteiger charge is 2.15. The second kappa shape index (κ2) is 6.04. The Morgan fingerprint density at radius 1 is 1.17 bits per heavy atom. The third-order valence-electron chi connectivity index (χ3n) is 4.06. The van der Waals surface area contributed by atoms with Gasteiger partial charge in [-0.1, -0.05) is 60.6 Å². The molecule has 0 aromatic heterocycles. The maximum Gasteiger partial charge on any atom is -0.0170 e. The van der Waals surface area contributed by atoms with Crippen LogP contribution in [-0.4, -0.2) is 0 Å². The van der Waals surface area contributed by atoms with Gasteiger partial charge in [-0.25, -0.2) is 0 Å². The highest BCUT2D eigenvalue weighted by atomic mass is 14.2. The molecule has 2 unspecified atom stereocenters. The molecule has 1 aliphatic rings. The van der Waals surface area contributed by atoms with Crippen LogP contribution in [-0.2, 0) is 6.42 Å². The van der Waals surface area contributed by atoms with Crippen LogP contribution in [0.15, 0.2) is 48.1 Å². The van der Waals surface area contributed by atoms with Gasteiger partial charge in [-0.15, -0.1) is 0 Å². The molecule has 0 saturated heterocycles. The first-order valence-corrected chi connectivity index (χ1v) is 7.05. The summed E-state index contributed by atoms with van der Waals surface area (Å²) in [5.41, 5.74) is 4.23. The minimum atomic E-state index is 0.735. The Morgan fingerprint density at radius 3 is 2.50 bits per heavy atom. The monoisotopic (exact) mass is 240 g/mol. The third kappa shape index (κ3) is 3.60. The van der Waals surface area contributed by atoms with Crippen molar-refractivity contribution in [2.45, 2.75) is 40.0 Å². The first-order chi connectivity index (χ1) is 8.65. The zero-order valence-corrected chi connectivity index (χ0v) is 11.8. The smallest absolute Gasteiger partial charge is 0.0170 e. The van der Waals surface area contributed by atoms with Crippen LogP contribution < -0.4 is 0 Å². The lowest BCUT2D eigenvalue weighted by Gasteiger charge is -2.22. The first kappa shape index (κ1) is 13.1. The second-order valence-electron chi connectivity index (χ2n) is 5.71. The van der Waals surface area contributed by atoms with Crippen LogP contribution >= 0.6 is 0 Å². The number of aryl methyl sites for hydroxylation is 2. The van der Waals surface area contributed by atoms with E-state index in [1.807, 2.05) is 0 Å². The Morgan fingerprint density at radius 2 is 1.89 bits per heavy atom. The molecule has 0 N–H and O–H groups in total. The first-order valence-electron chi connectivity index (χ1n) is 7.05. The highest BCUT2D eigenvalue weighted by molar-refractivity contribution is 5.23. The predicted molar refractivity (Wildman–Crippen MR) is 79.7 cm³/mol. The molecule has 2 atom stereocenters. The van der Waals surface area contributed by atoms with Gasteiger partial charge in [0, 0.05) is 0 Å². The summed E-state index contributed by atoms with van der Waals surface area (Å²) in [6, 6.07) is 8.96. The standard InChI is InChI=1S/C18H24/c1-14-4-9-17(10-5-14)11-8-16(3)18-12-6-15(2)7-13-18/h4-7,9-10,12,16,18H,8,11,13H2,1-3H3. The molecule has 0 aliphatic heterocycles. The number of hydrogen-bond acceptors (Lipinski definition) is 0. The van der Waals surface area contributed by atoms with Crippen molar-refractivity contribution in [3.05, 3.63) is 59.2 Å². The van der Waals surface area contributed by atoms with Crippen LogP contribution in [0.3, 0.4) is 0 Å². The van der Waals surface area contributed by atoms with Gasteiger partial charge in [0.25, 0.3) is 0 Å². The highest BCUT2D eigenvalue weighted by Crippen LogP contribution is 2.26. The van der Waals surface area contributed by atoms with Crippen molar-refractivity contribution in [2.75, 3.05) is 0 Å². The maximum atomic E-state index is 2.40. The SMILES string of the molecule is CC1=CCC(C(C)CCc2ccc(C)cc2)C=C1. The number of rotatable bonds is 4. The molecule has 0 fully saturated rings. The van der Waals surface area contributed by atoms with Crippen molar-refractivity contribution in [3.63, 3.8) is 0 Å². The average molecular weight is 240 g/mol. The zero-order valence-electron chi connectivity index (χ0n) is 11.8. The molecular formula is C18H24. The molecular weight excluding hydrogens is 216 g/mol. The van der Waals surface area contributed by atoms with Gasteiger partial charge >= 0.3 is 0 Å². The van der Waals surface area contributed by atoms with E-state index in [9.17, 15) is 0 Å². The molecule has 96 valence electrons. The van der Waals surface area contributed by atoms with Crippen LogP contribution in [0.4, 0.5) is 0 Å². The Kier molecular flexibility index (Phi) is 4.41. The van der Waals surface area contributed by atoms with E-state index in [-0.39, 0.29) is 0 Å². The largest absolute Gasteiger partial charge is 0.0810 e. The fraction of sp³-hybridized carbons (Fsp3) is 0.444. The summed E-state index contributed by atoms with van der Waals surface area (Å²) in [5.74, 6) is 1.51. The molecule has 0 spiro atoms. The van der Waals surface area contributed by atoms with Crippen molar-refractivity contribution in [2.24, 2.45) is 11.8 Å². The quantitative estimate of drug-likeness (QED) is 0.688. The third-order valence-corrected chi connectivity index (χ3v) is 4.06. The lowest BCUT2D eigenvalue weighted by Crippen LogP contribution is -2.11. The van der Waals surface area contributed by atoms with Crippen LogP contribution in [0.25, 0.3) is 0 Å². The fourth-order valence-electron chi connectivity index (χ4n) is 2.53. The van der Waals surface area contributed by atoms with Gasteiger partial charge in [0.05, 0.1) is 0 Å². The zero-order chi connectivity index (χ0) is 13.0. The van der Waals surface area contributed by atoms with E-state index in [0.29, 0.717) is 0 Å². The van der Waals surface area contributed by atoms with E-state index in [1.54, 1.807) is 0 Å². The van der Waals surface area contributed by atoms with E-state index in [0.717, 1.165) is 11.8 Å². The van der Waals surface area contributed by atoms with Gasteiger partial charge in [-0.05, 0) is 50.5 Å². The van der Waals surface area contributed by atoms with Crippen molar-refractivity contribution in [3.8, 4) is 0 Å². The number of hydrogen-bond donors (Lipinski definition) is 0. The van der Waals surface area contributed by atoms with Crippen LogP contribution in [0.5, 0.6) is 0 Å². The molecule has 1 aliphatic carbocycles. The van der Waals surface area contributed by atoms with Gasteiger partial charge in [0.1, 0.15) is 0 Å². The summed E-state index contributed by atoms with van der Waals surface area (Å²) in [5, 5.41) is 0. The Labute approximate surface area is 111 Å². The molecule has 18 heavy (non-hydrogen) atoms. The molecule has 0 bridgehead atoms. The van der Waals surface area contributed by atoms with Gasteiger partial charge < -0.3 is 0 Å². The normalized spacial score (nSPS) is 20.6. The Balaban J connectivity index is 1.83. The van der Waals surface area contributed by atoms with E-state index in [1.165, 1.54) is 36.0 Å². The van der Waals surface area contributed by atoms with Crippen LogP contribution in [0, 0.1) is 18.8 Å². The lowest BCUT2D eigenvalue weighted by molar-refractivity contribution is 0.401. The fourth-order valence-corrected chi connectivity index (χ4v) is 2.53. The topological polar surface area (TPSA) is 0 Å². The molecule has 1 aromatic carbocycles. The van der Waals surface area contributed by atoms with Crippen molar-refractivity contribution in [1.29, 1.82) is 0 Å². The Bertz CT molecular complexity index is 434. The van der Waals surface area contributed by atoms with Gasteiger partial charge in [-0.2, -0.15) is 0 Å². The summed E-state index contributed by atoms with van der Waals surface area (Å²) in [6.07, 6.45) is 10.7. The summed E-state index contributed by atoms with van der Waals surface area (Å²) in [6.45, 7) is 6.72. The van der Waals surface area contributed by atoms with E-state index < -0.39 is 0 Å². The van der Waals surface area contributed by atoms with E-state index in [2.05, 4.69) is 63.3 Å². The summed E-state index contributed by atoms with van der Waals surface area (Å²) >= 11 is 0. The number of benzene rings is 1.